The van der Waals surface area contributed by atoms with E-state index in [4.69, 9.17) is 9.47 Å². The number of hydrogen-bond donors (Lipinski definition) is 1. The van der Waals surface area contributed by atoms with Crippen LogP contribution in [0.1, 0.15) is 36.4 Å². The summed E-state index contributed by atoms with van der Waals surface area (Å²) in [5.41, 5.74) is 0. The second-order valence-corrected chi connectivity index (χ2v) is 6.33. The molecule has 0 bridgehead atoms. The number of hydrogen-bond acceptors (Lipinski definition) is 6. The highest BCUT2D eigenvalue weighted by Gasteiger charge is 2.24. The minimum absolute atomic E-state index is 0.00684. The Bertz CT molecular complexity index is 768. The Labute approximate surface area is 143 Å². The first-order valence-electron chi connectivity index (χ1n) is 7.61. The number of Topliss-reactive ketones (excluding diaryl/α,β-unsaturated/α-hetero) is 1. The van der Waals surface area contributed by atoms with E-state index in [0.29, 0.717) is 16.0 Å². The minimum Gasteiger partial charge on any atom is -0.502 e. The first kappa shape index (κ1) is 18.2. The van der Waals surface area contributed by atoms with Gasteiger partial charge in [-0.05, 0) is 19.4 Å². The summed E-state index contributed by atoms with van der Waals surface area (Å²) in [4.78, 5) is 24.6. The van der Waals surface area contributed by atoms with Crippen molar-refractivity contribution in [1.82, 2.24) is 0 Å². The lowest BCUT2D eigenvalue weighted by molar-refractivity contribution is -0.148. The first-order valence-corrected chi connectivity index (χ1v) is 8.43. The van der Waals surface area contributed by atoms with Crippen LogP contribution in [0.5, 0.6) is 11.5 Å². The van der Waals surface area contributed by atoms with Gasteiger partial charge in [0.05, 0.1) is 24.5 Å². The molecule has 0 saturated heterocycles. The van der Waals surface area contributed by atoms with E-state index >= 15 is 0 Å². The molecule has 24 heavy (non-hydrogen) atoms. The number of phenols is 1. The number of thiophene rings is 1. The monoisotopic (exact) mass is 354 g/mol. The van der Waals surface area contributed by atoms with Crippen LogP contribution in [0, 0.1) is 11.7 Å². The van der Waals surface area contributed by atoms with E-state index in [2.05, 4.69) is 0 Å². The number of ether oxygens (including phenoxy) is 2. The molecule has 2 rings (SSSR count). The van der Waals surface area contributed by atoms with E-state index in [1.165, 1.54) is 19.2 Å². The molecule has 0 saturated carbocycles. The van der Waals surface area contributed by atoms with Crippen molar-refractivity contribution >= 4 is 33.2 Å². The Morgan fingerprint density at radius 3 is 2.62 bits per heavy atom. The summed E-state index contributed by atoms with van der Waals surface area (Å²) >= 11 is 1.10. The van der Waals surface area contributed by atoms with Gasteiger partial charge in [0.1, 0.15) is 0 Å². The molecule has 0 aliphatic rings. The smallest absolute Gasteiger partial charge is 0.309 e. The van der Waals surface area contributed by atoms with Gasteiger partial charge in [-0.2, -0.15) is 0 Å². The third-order valence-corrected chi connectivity index (χ3v) is 4.86. The molecule has 7 heteroatoms. The quantitative estimate of drug-likeness (QED) is 0.603. The van der Waals surface area contributed by atoms with Crippen LogP contribution in [0.2, 0.25) is 0 Å². The van der Waals surface area contributed by atoms with Crippen LogP contribution in [0.4, 0.5) is 4.39 Å². The summed E-state index contributed by atoms with van der Waals surface area (Å²) in [5.74, 6) is -2.57. The van der Waals surface area contributed by atoms with Crippen LogP contribution >= 0.6 is 11.3 Å². The van der Waals surface area contributed by atoms with Crippen LogP contribution in [-0.4, -0.2) is 30.6 Å². The van der Waals surface area contributed by atoms with Crippen molar-refractivity contribution < 1.29 is 28.6 Å². The number of benzene rings is 1. The van der Waals surface area contributed by atoms with Crippen molar-refractivity contribution in [2.45, 2.75) is 26.7 Å². The van der Waals surface area contributed by atoms with Crippen molar-refractivity contribution in [2.75, 3.05) is 13.7 Å². The molecule has 1 aromatic heterocycles. The molecule has 0 unspecified atom stereocenters. The lowest BCUT2D eigenvalue weighted by atomic mass is 9.99. The van der Waals surface area contributed by atoms with Gasteiger partial charge >= 0.3 is 5.97 Å². The number of rotatable bonds is 7. The fourth-order valence-electron chi connectivity index (χ4n) is 2.38. The van der Waals surface area contributed by atoms with Gasteiger partial charge in [-0.25, -0.2) is 4.39 Å². The molecule has 0 amide bonds. The summed E-state index contributed by atoms with van der Waals surface area (Å²) in [6.07, 6.45) is 0.491. The number of carbonyl (C=O) groups excluding carboxylic acids is 2. The summed E-state index contributed by atoms with van der Waals surface area (Å²) in [6.45, 7) is 3.78. The Morgan fingerprint density at radius 2 is 2.04 bits per heavy atom. The highest BCUT2D eigenvalue weighted by atomic mass is 32.1. The molecule has 0 radical (unpaired) electrons. The minimum atomic E-state index is -0.822. The number of halogens is 1. The van der Waals surface area contributed by atoms with Gasteiger partial charge in [0.25, 0.3) is 0 Å². The van der Waals surface area contributed by atoms with Gasteiger partial charge in [-0.1, -0.05) is 6.92 Å². The predicted molar refractivity (Wildman–Crippen MR) is 89.4 cm³/mol. The Balaban J connectivity index is 2.30. The number of fused-ring (bicyclic) bond motifs is 1. The van der Waals surface area contributed by atoms with Crippen LogP contribution < -0.4 is 4.74 Å². The maximum Gasteiger partial charge on any atom is 0.309 e. The number of ketones is 1. The molecule has 1 N–H and O–H groups in total. The molecule has 1 aromatic carbocycles. The highest BCUT2D eigenvalue weighted by Crippen LogP contribution is 2.39. The molecule has 5 nitrogen and oxygen atoms in total. The van der Waals surface area contributed by atoms with E-state index in [1.807, 2.05) is 6.92 Å². The standard InChI is InChI=1S/C17H19FO5S/c1-4-9(17(21)23-5-2)6-11(19)14-7-10-13(24-14)8-12(22-3)16(20)15(10)18/h7-9,20H,4-6H2,1-3H3/t9-/m0/s1. The lowest BCUT2D eigenvalue weighted by Crippen LogP contribution is -2.20. The van der Waals surface area contributed by atoms with E-state index in [0.717, 1.165) is 11.3 Å². The first-order chi connectivity index (χ1) is 11.4. The zero-order valence-electron chi connectivity index (χ0n) is 13.7. The Morgan fingerprint density at radius 1 is 1.33 bits per heavy atom. The van der Waals surface area contributed by atoms with Gasteiger partial charge in [-0.3, -0.25) is 9.59 Å². The van der Waals surface area contributed by atoms with Crippen LogP contribution in [0.15, 0.2) is 12.1 Å². The Hall–Kier alpha value is -2.15. The number of aromatic hydroxyl groups is 1. The number of phenolic OH excluding ortho intramolecular Hbond substituents is 1. The third kappa shape index (κ3) is 3.51. The molecule has 1 atom stereocenters. The molecular formula is C17H19FO5S. The second-order valence-electron chi connectivity index (χ2n) is 5.25. The average Bonchev–Trinajstić information content (AvgIpc) is 3.00. The fraction of sp³-hybridized carbons (Fsp3) is 0.412. The lowest BCUT2D eigenvalue weighted by Gasteiger charge is -2.11. The van der Waals surface area contributed by atoms with E-state index in [1.54, 1.807) is 6.92 Å². The summed E-state index contributed by atoms with van der Waals surface area (Å²) in [7, 11) is 1.32. The van der Waals surface area contributed by atoms with Gasteiger partial charge in [0.2, 0.25) is 0 Å². The number of methoxy groups -OCH3 is 1. The molecule has 130 valence electrons. The summed E-state index contributed by atoms with van der Waals surface area (Å²) in [6, 6.07) is 2.88. The van der Waals surface area contributed by atoms with Gasteiger partial charge in [0, 0.05) is 22.6 Å². The fourth-order valence-corrected chi connectivity index (χ4v) is 3.41. The molecule has 0 fully saturated rings. The third-order valence-electron chi connectivity index (χ3n) is 3.74. The van der Waals surface area contributed by atoms with E-state index in [9.17, 15) is 19.1 Å². The molecule has 0 aliphatic carbocycles. The summed E-state index contributed by atoms with van der Waals surface area (Å²) < 4.78 is 24.5. The van der Waals surface area contributed by atoms with Crippen molar-refractivity contribution in [3.63, 3.8) is 0 Å². The van der Waals surface area contributed by atoms with E-state index < -0.39 is 23.5 Å². The van der Waals surface area contributed by atoms with Gasteiger partial charge in [0.15, 0.2) is 23.1 Å². The number of esters is 1. The maximum absolute atomic E-state index is 14.2. The van der Waals surface area contributed by atoms with Crippen molar-refractivity contribution in [2.24, 2.45) is 5.92 Å². The topological polar surface area (TPSA) is 72.8 Å². The zero-order valence-corrected chi connectivity index (χ0v) is 14.5. The molecule has 0 aliphatic heterocycles. The Kier molecular flexibility index (Phi) is 5.77. The molecular weight excluding hydrogens is 335 g/mol. The molecule has 1 heterocycles. The van der Waals surface area contributed by atoms with Crippen LogP contribution in [-0.2, 0) is 9.53 Å². The highest BCUT2D eigenvalue weighted by molar-refractivity contribution is 7.20. The predicted octanol–water partition coefficient (Wildman–Crippen LogP) is 3.92. The van der Waals surface area contributed by atoms with Crippen molar-refractivity contribution in [3.05, 3.63) is 22.8 Å². The van der Waals surface area contributed by atoms with Crippen LogP contribution in [0.25, 0.3) is 10.1 Å². The normalized spacial score (nSPS) is 12.2. The zero-order chi connectivity index (χ0) is 17.9. The second kappa shape index (κ2) is 7.61. The van der Waals surface area contributed by atoms with Crippen molar-refractivity contribution in [3.8, 4) is 11.5 Å². The SMILES string of the molecule is CCOC(=O)[C@@H](CC)CC(=O)c1cc2c(F)c(O)c(OC)cc2s1. The molecule has 2 aromatic rings. The van der Waals surface area contributed by atoms with Gasteiger partial charge < -0.3 is 14.6 Å². The largest absolute Gasteiger partial charge is 0.502 e. The van der Waals surface area contributed by atoms with Crippen LogP contribution in [0.3, 0.4) is 0 Å². The summed E-state index contributed by atoms with van der Waals surface area (Å²) in [5, 5.41) is 9.88. The number of carbonyl (C=O) groups is 2. The average molecular weight is 354 g/mol. The van der Waals surface area contributed by atoms with Crippen molar-refractivity contribution in [1.29, 1.82) is 0 Å². The maximum atomic E-state index is 14.2. The molecule has 0 spiro atoms. The van der Waals surface area contributed by atoms with E-state index in [-0.39, 0.29) is 29.9 Å². The van der Waals surface area contributed by atoms with Gasteiger partial charge in [-0.15, -0.1) is 11.3 Å².